The molecule has 2 rings (SSSR count). The first-order valence-corrected chi connectivity index (χ1v) is 9.60. The summed E-state index contributed by atoms with van der Waals surface area (Å²) in [5.74, 6) is 1.01. The topological polar surface area (TPSA) is 109 Å². The van der Waals surface area contributed by atoms with E-state index in [0.29, 0.717) is 23.3 Å². The van der Waals surface area contributed by atoms with E-state index in [-0.39, 0.29) is 13.1 Å². The molecule has 8 nitrogen and oxygen atoms in total. The maximum absolute atomic E-state index is 12.1. The van der Waals surface area contributed by atoms with Gasteiger partial charge in [0.15, 0.2) is 0 Å². The third-order valence-corrected chi connectivity index (χ3v) is 4.55. The minimum atomic E-state index is -4.51. The number of pyridine rings is 1. The molecule has 148 valence electrons. The third-order valence-electron chi connectivity index (χ3n) is 3.17. The average Bonchev–Trinajstić information content (AvgIpc) is 2.57. The third kappa shape index (κ3) is 8.17. The van der Waals surface area contributed by atoms with Gasteiger partial charge < -0.3 is 10.6 Å². The largest absolute Gasteiger partial charge is 0.390 e. The standard InChI is InChI=1S/C15H19F3N6O2S/c1-11-22-13(10-14(23-11)24-12-4-2-3-6-19-12)20-7-8-21-27(25,26)9-5-15(16,17)18/h2-4,6,10,21H,5,7-9H2,1H3,(H2,19,20,22,23,24). The van der Waals surface area contributed by atoms with Crippen LogP contribution in [0.5, 0.6) is 0 Å². The lowest BCUT2D eigenvalue weighted by Crippen LogP contribution is -2.32. The molecule has 0 aromatic carbocycles. The van der Waals surface area contributed by atoms with Crippen molar-refractivity contribution >= 4 is 27.5 Å². The van der Waals surface area contributed by atoms with E-state index in [1.807, 2.05) is 6.07 Å². The average molecular weight is 404 g/mol. The van der Waals surface area contributed by atoms with Crippen LogP contribution in [0.15, 0.2) is 30.5 Å². The molecule has 2 aromatic rings. The molecule has 0 aliphatic carbocycles. The Bertz CT molecular complexity index is 846. The van der Waals surface area contributed by atoms with E-state index in [9.17, 15) is 21.6 Å². The Balaban J connectivity index is 1.85. The maximum Gasteiger partial charge on any atom is 0.390 e. The van der Waals surface area contributed by atoms with Crippen LogP contribution in [0.2, 0.25) is 0 Å². The zero-order valence-corrected chi connectivity index (χ0v) is 15.2. The Kier molecular flexibility index (Phi) is 6.91. The fourth-order valence-corrected chi connectivity index (χ4v) is 3.07. The molecule has 3 N–H and O–H groups in total. The van der Waals surface area contributed by atoms with E-state index in [1.165, 1.54) is 0 Å². The first-order valence-electron chi connectivity index (χ1n) is 7.95. The molecule has 0 atom stereocenters. The monoisotopic (exact) mass is 404 g/mol. The van der Waals surface area contributed by atoms with Gasteiger partial charge in [-0.2, -0.15) is 13.2 Å². The quantitative estimate of drug-likeness (QED) is 0.550. The summed E-state index contributed by atoms with van der Waals surface area (Å²) in [6.45, 7) is 1.76. The molecule has 2 aromatic heterocycles. The first-order chi connectivity index (χ1) is 12.6. The molecule has 0 aliphatic heterocycles. The van der Waals surface area contributed by atoms with Gasteiger partial charge in [-0.05, 0) is 19.1 Å². The summed E-state index contributed by atoms with van der Waals surface area (Å²) >= 11 is 0. The number of nitrogens with zero attached hydrogens (tertiary/aromatic N) is 3. The highest BCUT2D eigenvalue weighted by Crippen LogP contribution is 2.19. The zero-order chi connectivity index (χ0) is 19.9. The molecule has 0 fully saturated rings. The van der Waals surface area contributed by atoms with Gasteiger partial charge in [-0.3, -0.25) is 0 Å². The number of rotatable bonds is 9. The van der Waals surface area contributed by atoms with E-state index in [2.05, 4.69) is 30.3 Å². The predicted molar refractivity (Wildman–Crippen MR) is 95.2 cm³/mol. The summed E-state index contributed by atoms with van der Waals surface area (Å²) in [6, 6.07) is 6.96. The summed E-state index contributed by atoms with van der Waals surface area (Å²) in [5, 5.41) is 5.91. The molecule has 0 unspecified atom stereocenters. The number of anilines is 3. The van der Waals surface area contributed by atoms with Gasteiger partial charge in [-0.25, -0.2) is 28.1 Å². The van der Waals surface area contributed by atoms with Crippen molar-refractivity contribution in [3.63, 3.8) is 0 Å². The number of hydrogen-bond donors (Lipinski definition) is 3. The Morgan fingerprint density at radius 3 is 2.48 bits per heavy atom. The molecule has 0 bridgehead atoms. The van der Waals surface area contributed by atoms with Gasteiger partial charge in [0, 0.05) is 25.4 Å². The van der Waals surface area contributed by atoms with Gasteiger partial charge in [0.2, 0.25) is 10.0 Å². The van der Waals surface area contributed by atoms with Gasteiger partial charge >= 0.3 is 6.18 Å². The van der Waals surface area contributed by atoms with E-state index < -0.39 is 28.4 Å². The summed E-state index contributed by atoms with van der Waals surface area (Å²) < 4.78 is 61.4. The molecule has 0 radical (unpaired) electrons. The van der Waals surface area contributed by atoms with Crippen LogP contribution in [0, 0.1) is 6.92 Å². The Labute approximate surface area is 154 Å². The molecule has 0 spiro atoms. The highest BCUT2D eigenvalue weighted by atomic mass is 32.2. The van der Waals surface area contributed by atoms with Gasteiger partial charge in [-0.15, -0.1) is 0 Å². The second-order valence-corrected chi connectivity index (χ2v) is 7.46. The van der Waals surface area contributed by atoms with E-state index in [0.717, 1.165) is 0 Å². The highest BCUT2D eigenvalue weighted by Gasteiger charge is 2.29. The van der Waals surface area contributed by atoms with Crippen molar-refractivity contribution in [3.05, 3.63) is 36.3 Å². The molecule has 0 saturated heterocycles. The van der Waals surface area contributed by atoms with Crippen molar-refractivity contribution in [2.24, 2.45) is 0 Å². The molecule has 0 amide bonds. The lowest BCUT2D eigenvalue weighted by molar-refractivity contribution is -0.129. The van der Waals surface area contributed by atoms with E-state index in [1.54, 1.807) is 31.3 Å². The summed E-state index contributed by atoms with van der Waals surface area (Å²) in [7, 11) is -3.99. The van der Waals surface area contributed by atoms with E-state index >= 15 is 0 Å². The number of alkyl halides is 3. The van der Waals surface area contributed by atoms with Gasteiger partial charge in [0.25, 0.3) is 0 Å². The number of sulfonamides is 1. The van der Waals surface area contributed by atoms with Crippen LogP contribution >= 0.6 is 0 Å². The van der Waals surface area contributed by atoms with Crippen LogP contribution < -0.4 is 15.4 Å². The second kappa shape index (κ2) is 8.95. The van der Waals surface area contributed by atoms with Crippen LogP contribution in [0.4, 0.5) is 30.6 Å². The minimum Gasteiger partial charge on any atom is -0.369 e. The van der Waals surface area contributed by atoms with Crippen molar-refractivity contribution in [1.29, 1.82) is 0 Å². The lowest BCUT2D eigenvalue weighted by Gasteiger charge is -2.11. The van der Waals surface area contributed by atoms with Gasteiger partial charge in [0.1, 0.15) is 23.3 Å². The number of hydrogen-bond acceptors (Lipinski definition) is 7. The summed E-state index contributed by atoms with van der Waals surface area (Å²) in [5.41, 5.74) is 0. The molecule has 0 saturated carbocycles. The first kappa shape index (κ1) is 20.8. The molecular formula is C15H19F3N6O2S. The van der Waals surface area contributed by atoms with Crippen molar-refractivity contribution in [2.75, 3.05) is 29.5 Å². The number of halogens is 3. The van der Waals surface area contributed by atoms with Crippen molar-refractivity contribution in [3.8, 4) is 0 Å². The zero-order valence-electron chi connectivity index (χ0n) is 14.4. The molecule has 27 heavy (non-hydrogen) atoms. The van der Waals surface area contributed by atoms with Crippen LogP contribution in [-0.4, -0.2) is 48.4 Å². The molecular weight excluding hydrogens is 385 g/mol. The fraction of sp³-hybridized carbons (Fsp3) is 0.400. The van der Waals surface area contributed by atoms with Crippen LogP contribution in [-0.2, 0) is 10.0 Å². The predicted octanol–water partition coefficient (Wildman–Crippen LogP) is 2.21. The normalized spacial score (nSPS) is 12.0. The van der Waals surface area contributed by atoms with Crippen molar-refractivity contribution in [2.45, 2.75) is 19.5 Å². The second-order valence-electron chi connectivity index (χ2n) is 5.53. The summed E-state index contributed by atoms with van der Waals surface area (Å²) in [6.07, 6.45) is -4.27. The molecule has 2 heterocycles. The van der Waals surface area contributed by atoms with Gasteiger partial charge in [-0.1, -0.05) is 6.07 Å². The smallest absolute Gasteiger partial charge is 0.369 e. The van der Waals surface area contributed by atoms with Crippen molar-refractivity contribution < 1.29 is 21.6 Å². The Hall–Kier alpha value is -2.47. The Morgan fingerprint density at radius 2 is 1.81 bits per heavy atom. The number of aryl methyl sites for hydroxylation is 1. The Morgan fingerprint density at radius 1 is 1.07 bits per heavy atom. The van der Waals surface area contributed by atoms with Crippen LogP contribution in [0.25, 0.3) is 0 Å². The maximum atomic E-state index is 12.1. The highest BCUT2D eigenvalue weighted by molar-refractivity contribution is 7.89. The van der Waals surface area contributed by atoms with Crippen LogP contribution in [0.1, 0.15) is 12.2 Å². The van der Waals surface area contributed by atoms with E-state index in [4.69, 9.17) is 0 Å². The molecule has 12 heteroatoms. The van der Waals surface area contributed by atoms with Crippen molar-refractivity contribution in [1.82, 2.24) is 19.7 Å². The lowest BCUT2D eigenvalue weighted by atomic mass is 10.4. The molecule has 0 aliphatic rings. The number of aromatic nitrogens is 3. The SMILES string of the molecule is Cc1nc(NCCNS(=O)(=O)CCC(F)(F)F)cc(Nc2ccccn2)n1. The minimum absolute atomic E-state index is 0.0771. The van der Waals surface area contributed by atoms with Crippen LogP contribution in [0.3, 0.4) is 0 Å². The number of nitrogens with one attached hydrogen (secondary N) is 3. The van der Waals surface area contributed by atoms with Gasteiger partial charge in [0.05, 0.1) is 12.2 Å². The fourth-order valence-electron chi connectivity index (χ4n) is 2.01. The summed E-state index contributed by atoms with van der Waals surface area (Å²) in [4.78, 5) is 12.5.